The molecule has 182 valence electrons. The molecule has 10 heteroatoms. The Kier molecular flexibility index (Phi) is 7.82. The van der Waals surface area contributed by atoms with E-state index in [1.165, 1.54) is 23.1 Å². The molecule has 3 aromatic heterocycles. The minimum atomic E-state index is -0.931. The molecule has 0 fully saturated rings. The largest absolute Gasteiger partial charge is 0.480 e. The van der Waals surface area contributed by atoms with Gasteiger partial charge in [-0.2, -0.15) is 0 Å². The van der Waals surface area contributed by atoms with Crippen LogP contribution in [0.2, 0.25) is 0 Å². The molecule has 0 aliphatic heterocycles. The fourth-order valence-electron chi connectivity index (χ4n) is 3.19. The van der Waals surface area contributed by atoms with Gasteiger partial charge in [0.15, 0.2) is 4.34 Å². The molecule has 0 saturated carbocycles. The van der Waals surface area contributed by atoms with Gasteiger partial charge in [-0.1, -0.05) is 36.9 Å². The van der Waals surface area contributed by atoms with Crippen LogP contribution in [0.3, 0.4) is 0 Å². The van der Waals surface area contributed by atoms with Crippen molar-refractivity contribution in [3.05, 3.63) is 71.3 Å². The number of aryl methyl sites for hydroxylation is 1. The summed E-state index contributed by atoms with van der Waals surface area (Å²) in [7, 11) is 0. The van der Waals surface area contributed by atoms with E-state index in [0.717, 1.165) is 33.3 Å². The Labute approximate surface area is 212 Å². The van der Waals surface area contributed by atoms with Crippen molar-refractivity contribution in [2.75, 3.05) is 11.4 Å². The molecule has 8 nitrogen and oxygen atoms in total. The SMILES string of the molecule is CCc1cnc(N(CCc2csc(SC(C)(C)C(=O)O)n2)Cc2coc(-c3ccccc3)n2)nc1. The van der Waals surface area contributed by atoms with Crippen LogP contribution in [0.4, 0.5) is 5.95 Å². The summed E-state index contributed by atoms with van der Waals surface area (Å²) in [6, 6.07) is 9.78. The average Bonchev–Trinajstić information content (AvgIpc) is 3.51. The molecule has 35 heavy (non-hydrogen) atoms. The second-order valence-electron chi connectivity index (χ2n) is 8.45. The van der Waals surface area contributed by atoms with Gasteiger partial charge in [-0.25, -0.2) is 19.9 Å². The summed E-state index contributed by atoms with van der Waals surface area (Å²) in [5.41, 5.74) is 3.68. The van der Waals surface area contributed by atoms with Crippen molar-refractivity contribution in [3.63, 3.8) is 0 Å². The molecule has 0 atom stereocenters. The first kappa shape index (κ1) is 24.9. The molecule has 0 bridgehead atoms. The number of nitrogens with zero attached hydrogens (tertiary/aromatic N) is 5. The summed E-state index contributed by atoms with van der Waals surface area (Å²) < 4.78 is 5.53. The molecule has 4 aromatic rings. The highest BCUT2D eigenvalue weighted by Gasteiger charge is 2.29. The van der Waals surface area contributed by atoms with E-state index in [2.05, 4.69) is 31.8 Å². The molecule has 0 aliphatic rings. The standard InChI is InChI=1S/C25H27N5O3S2/c1-4-17-12-26-23(27-13-17)30(14-20-15-33-21(28-20)18-8-6-5-7-9-18)11-10-19-16-34-24(29-19)35-25(2,3)22(31)32/h5-9,12-13,15-16H,4,10-11,14H2,1-3H3,(H,31,32). The monoisotopic (exact) mass is 509 g/mol. The molecule has 0 saturated heterocycles. The number of carboxylic acid groups (broad SMARTS) is 1. The normalized spacial score (nSPS) is 11.5. The zero-order chi connectivity index (χ0) is 24.8. The molecule has 1 aromatic carbocycles. The lowest BCUT2D eigenvalue weighted by Crippen LogP contribution is -2.27. The van der Waals surface area contributed by atoms with Crippen LogP contribution in [-0.2, 0) is 24.2 Å². The van der Waals surface area contributed by atoms with Gasteiger partial charge in [0, 0.05) is 36.3 Å². The number of anilines is 1. The Bertz CT molecular complexity index is 1260. The van der Waals surface area contributed by atoms with Gasteiger partial charge in [0.2, 0.25) is 11.8 Å². The highest BCUT2D eigenvalue weighted by atomic mass is 32.2. The van der Waals surface area contributed by atoms with E-state index in [-0.39, 0.29) is 0 Å². The molecule has 3 heterocycles. The van der Waals surface area contributed by atoms with Crippen molar-refractivity contribution in [2.24, 2.45) is 0 Å². The van der Waals surface area contributed by atoms with E-state index in [0.29, 0.717) is 31.3 Å². The van der Waals surface area contributed by atoms with Crippen LogP contribution in [0.15, 0.2) is 63.1 Å². The minimum absolute atomic E-state index is 0.486. The molecule has 0 amide bonds. The van der Waals surface area contributed by atoms with Crippen LogP contribution in [0.25, 0.3) is 11.5 Å². The lowest BCUT2D eigenvalue weighted by molar-refractivity contribution is -0.138. The Morgan fingerprint density at radius 1 is 1.14 bits per heavy atom. The number of carboxylic acids is 1. The van der Waals surface area contributed by atoms with Crippen LogP contribution < -0.4 is 4.90 Å². The van der Waals surface area contributed by atoms with Crippen LogP contribution in [-0.4, -0.2) is 42.3 Å². The molecule has 1 N–H and O–H groups in total. The third-order valence-corrected chi connectivity index (χ3v) is 7.51. The van der Waals surface area contributed by atoms with Crippen LogP contribution in [0.5, 0.6) is 0 Å². The summed E-state index contributed by atoms with van der Waals surface area (Å²) in [5.74, 6) is 0.328. The minimum Gasteiger partial charge on any atom is -0.480 e. The molecule has 0 radical (unpaired) electrons. The first-order chi connectivity index (χ1) is 16.8. The van der Waals surface area contributed by atoms with Crippen molar-refractivity contribution in [3.8, 4) is 11.5 Å². The number of thioether (sulfide) groups is 1. The van der Waals surface area contributed by atoms with Gasteiger partial charge < -0.3 is 14.4 Å². The fourth-order valence-corrected chi connectivity index (χ4v) is 5.42. The maximum atomic E-state index is 11.4. The number of aromatic nitrogens is 4. The molecular formula is C25H27N5O3S2. The number of hydrogen-bond acceptors (Lipinski definition) is 9. The predicted molar refractivity (Wildman–Crippen MR) is 138 cm³/mol. The lowest BCUT2D eigenvalue weighted by Gasteiger charge is -2.21. The molecule has 4 rings (SSSR count). The predicted octanol–water partition coefficient (Wildman–Crippen LogP) is 5.36. The topological polar surface area (TPSA) is 105 Å². The second-order valence-corrected chi connectivity index (χ2v) is 11.2. The third kappa shape index (κ3) is 6.46. The lowest BCUT2D eigenvalue weighted by atomic mass is 10.2. The smallest absolute Gasteiger partial charge is 0.319 e. The Hall–Kier alpha value is -3.24. The number of benzene rings is 1. The molecule has 0 spiro atoms. The zero-order valence-corrected chi connectivity index (χ0v) is 21.5. The van der Waals surface area contributed by atoms with E-state index in [9.17, 15) is 9.90 Å². The Balaban J connectivity index is 1.49. The van der Waals surface area contributed by atoms with Gasteiger partial charge in [-0.3, -0.25) is 4.79 Å². The Morgan fingerprint density at radius 3 is 2.57 bits per heavy atom. The highest BCUT2D eigenvalue weighted by molar-refractivity contribution is 8.03. The van der Waals surface area contributed by atoms with E-state index >= 15 is 0 Å². The summed E-state index contributed by atoms with van der Waals surface area (Å²) >= 11 is 2.72. The summed E-state index contributed by atoms with van der Waals surface area (Å²) in [4.78, 5) is 31.9. The number of thiazole rings is 1. The van der Waals surface area contributed by atoms with E-state index in [1.807, 2.05) is 48.1 Å². The van der Waals surface area contributed by atoms with Crippen LogP contribution in [0, 0.1) is 0 Å². The Morgan fingerprint density at radius 2 is 1.89 bits per heavy atom. The summed E-state index contributed by atoms with van der Waals surface area (Å²) in [6.45, 7) is 6.54. The van der Waals surface area contributed by atoms with E-state index in [4.69, 9.17) is 4.42 Å². The van der Waals surface area contributed by atoms with Gasteiger partial charge in [0.25, 0.3) is 0 Å². The van der Waals surface area contributed by atoms with Crippen molar-refractivity contribution in [1.82, 2.24) is 19.9 Å². The zero-order valence-electron chi connectivity index (χ0n) is 19.8. The number of aliphatic carboxylic acids is 1. The number of rotatable bonds is 11. The van der Waals surface area contributed by atoms with Gasteiger partial charge in [-0.15, -0.1) is 11.3 Å². The van der Waals surface area contributed by atoms with Crippen LogP contribution in [0.1, 0.15) is 37.7 Å². The number of carbonyl (C=O) groups is 1. The first-order valence-corrected chi connectivity index (χ1v) is 13.0. The summed E-state index contributed by atoms with van der Waals surface area (Å²) in [5, 5.41) is 11.4. The molecular weight excluding hydrogens is 482 g/mol. The highest BCUT2D eigenvalue weighted by Crippen LogP contribution is 2.34. The van der Waals surface area contributed by atoms with Crippen molar-refractivity contribution < 1.29 is 14.3 Å². The van der Waals surface area contributed by atoms with Crippen LogP contribution >= 0.6 is 23.1 Å². The fraction of sp³-hybridized carbons (Fsp3) is 0.320. The molecule has 0 aliphatic carbocycles. The van der Waals surface area contributed by atoms with Crippen molar-refractivity contribution in [2.45, 2.75) is 49.2 Å². The molecule has 0 unspecified atom stereocenters. The van der Waals surface area contributed by atoms with Gasteiger partial charge in [0.05, 0.1) is 17.9 Å². The van der Waals surface area contributed by atoms with Gasteiger partial charge in [-0.05, 0) is 38.0 Å². The quantitative estimate of drug-likeness (QED) is 0.268. The van der Waals surface area contributed by atoms with E-state index < -0.39 is 10.7 Å². The maximum Gasteiger partial charge on any atom is 0.319 e. The summed E-state index contributed by atoms with van der Waals surface area (Å²) in [6.07, 6.45) is 6.89. The third-order valence-electron chi connectivity index (χ3n) is 5.33. The van der Waals surface area contributed by atoms with Crippen molar-refractivity contribution >= 4 is 35.0 Å². The number of hydrogen-bond donors (Lipinski definition) is 1. The van der Waals surface area contributed by atoms with Gasteiger partial charge >= 0.3 is 5.97 Å². The number of oxazole rings is 1. The maximum absolute atomic E-state index is 11.4. The first-order valence-electron chi connectivity index (χ1n) is 11.3. The average molecular weight is 510 g/mol. The van der Waals surface area contributed by atoms with Crippen molar-refractivity contribution in [1.29, 1.82) is 0 Å². The van der Waals surface area contributed by atoms with Gasteiger partial charge in [0.1, 0.15) is 11.0 Å². The van der Waals surface area contributed by atoms with E-state index in [1.54, 1.807) is 20.1 Å². The second kappa shape index (κ2) is 11.0.